The number of nitrogens with one attached hydrogen (secondary N) is 1. The number of nitrogens with two attached hydrogens (primary N) is 2. The van der Waals surface area contributed by atoms with Crippen LogP contribution in [0.15, 0.2) is 59.6 Å². The van der Waals surface area contributed by atoms with Gasteiger partial charge in [-0.05, 0) is 78.9 Å². The lowest BCUT2D eigenvalue weighted by Gasteiger charge is -2.14. The predicted octanol–water partition coefficient (Wildman–Crippen LogP) is 5.57. The molecule has 3 aromatic rings. The summed E-state index contributed by atoms with van der Waals surface area (Å²) in [5.41, 5.74) is 20.1. The van der Waals surface area contributed by atoms with Crippen LogP contribution in [-0.2, 0) is 0 Å². The van der Waals surface area contributed by atoms with Gasteiger partial charge in [0.15, 0.2) is 5.96 Å². The first kappa shape index (κ1) is 18.8. The number of hydrogen-bond donors (Lipinski definition) is 3. The van der Waals surface area contributed by atoms with E-state index in [-0.39, 0.29) is 5.96 Å². The van der Waals surface area contributed by atoms with Gasteiger partial charge in [0, 0.05) is 10.7 Å². The van der Waals surface area contributed by atoms with Gasteiger partial charge in [0.2, 0.25) is 0 Å². The second kappa shape index (κ2) is 7.72. The Morgan fingerprint density at radius 2 is 1.59 bits per heavy atom. The maximum Gasteiger partial charge on any atom is 0.198 e. The molecule has 0 fully saturated rings. The van der Waals surface area contributed by atoms with E-state index in [1.807, 2.05) is 25.1 Å². The van der Waals surface area contributed by atoms with Crippen molar-refractivity contribution in [1.82, 2.24) is 0 Å². The molecule has 0 heterocycles. The smallest absolute Gasteiger partial charge is 0.198 e. The van der Waals surface area contributed by atoms with Gasteiger partial charge >= 0.3 is 0 Å². The molecule has 0 radical (unpaired) electrons. The SMILES string of the molecule is Cc1cc(-c2c(C)cccc2C)cc(N)c1N=C(N)Nc1cccc(Cl)c1. The number of rotatable bonds is 3. The zero-order valence-corrected chi connectivity index (χ0v) is 16.4. The number of nitrogens with zero attached hydrogens (tertiary/aromatic N) is 1. The minimum absolute atomic E-state index is 0.256. The molecule has 27 heavy (non-hydrogen) atoms. The average molecular weight is 379 g/mol. The van der Waals surface area contributed by atoms with Gasteiger partial charge in [-0.15, -0.1) is 0 Å². The quantitative estimate of drug-likeness (QED) is 0.316. The van der Waals surface area contributed by atoms with Gasteiger partial charge in [-0.3, -0.25) is 0 Å². The summed E-state index contributed by atoms with van der Waals surface area (Å²) < 4.78 is 0. The molecule has 5 heteroatoms. The first-order chi connectivity index (χ1) is 12.8. The van der Waals surface area contributed by atoms with E-state index in [4.69, 9.17) is 23.1 Å². The highest BCUT2D eigenvalue weighted by Gasteiger charge is 2.11. The van der Waals surface area contributed by atoms with Crippen molar-refractivity contribution >= 4 is 34.6 Å². The van der Waals surface area contributed by atoms with Gasteiger partial charge in [-0.2, -0.15) is 0 Å². The van der Waals surface area contributed by atoms with Crippen LogP contribution < -0.4 is 16.8 Å². The Kier molecular flexibility index (Phi) is 5.38. The molecule has 0 unspecified atom stereocenters. The number of nitrogen functional groups attached to an aromatic ring is 1. The van der Waals surface area contributed by atoms with Gasteiger partial charge in [-0.1, -0.05) is 35.9 Å². The van der Waals surface area contributed by atoms with Crippen molar-refractivity contribution in [2.24, 2.45) is 10.7 Å². The molecule has 0 aromatic heterocycles. The van der Waals surface area contributed by atoms with E-state index in [1.54, 1.807) is 12.1 Å². The number of halogens is 1. The van der Waals surface area contributed by atoms with Crippen LogP contribution in [0.2, 0.25) is 5.02 Å². The van der Waals surface area contributed by atoms with Gasteiger partial charge in [0.25, 0.3) is 0 Å². The van der Waals surface area contributed by atoms with E-state index in [2.05, 4.69) is 48.4 Å². The molecule has 0 aliphatic heterocycles. The third-order valence-electron chi connectivity index (χ3n) is 4.43. The number of aryl methyl sites for hydroxylation is 3. The third kappa shape index (κ3) is 4.23. The first-order valence-corrected chi connectivity index (χ1v) is 9.06. The minimum atomic E-state index is 0.256. The Bertz CT molecular complexity index is 981. The lowest BCUT2D eigenvalue weighted by Crippen LogP contribution is -2.22. The number of benzene rings is 3. The van der Waals surface area contributed by atoms with Crippen molar-refractivity contribution in [2.75, 3.05) is 11.1 Å². The van der Waals surface area contributed by atoms with Crippen molar-refractivity contribution in [2.45, 2.75) is 20.8 Å². The van der Waals surface area contributed by atoms with Crippen molar-refractivity contribution in [3.63, 3.8) is 0 Å². The number of aliphatic imine (C=N–C) groups is 1. The Hall–Kier alpha value is -2.98. The summed E-state index contributed by atoms with van der Waals surface area (Å²) in [5.74, 6) is 0.256. The van der Waals surface area contributed by atoms with Gasteiger partial charge < -0.3 is 16.8 Å². The van der Waals surface area contributed by atoms with Crippen molar-refractivity contribution in [3.05, 3.63) is 76.3 Å². The fraction of sp³-hybridized carbons (Fsp3) is 0.136. The van der Waals surface area contributed by atoms with Crippen LogP contribution in [0.25, 0.3) is 11.1 Å². The third-order valence-corrected chi connectivity index (χ3v) is 4.66. The Balaban J connectivity index is 1.96. The van der Waals surface area contributed by atoms with Crippen LogP contribution in [0.3, 0.4) is 0 Å². The number of hydrogen-bond acceptors (Lipinski definition) is 2. The van der Waals surface area contributed by atoms with E-state index in [1.165, 1.54) is 16.7 Å². The maximum absolute atomic E-state index is 6.31. The molecular formula is C22H23ClN4. The molecule has 3 aromatic carbocycles. The second-order valence-corrected chi connectivity index (χ2v) is 7.07. The van der Waals surface area contributed by atoms with Crippen LogP contribution in [0.4, 0.5) is 17.1 Å². The van der Waals surface area contributed by atoms with Crippen LogP contribution in [0.5, 0.6) is 0 Å². The van der Waals surface area contributed by atoms with Crippen molar-refractivity contribution in [3.8, 4) is 11.1 Å². The van der Waals surface area contributed by atoms with Crippen molar-refractivity contribution < 1.29 is 0 Å². The van der Waals surface area contributed by atoms with Gasteiger partial charge in [-0.25, -0.2) is 4.99 Å². The van der Waals surface area contributed by atoms with Crippen LogP contribution >= 0.6 is 11.6 Å². The molecule has 0 bridgehead atoms. The Morgan fingerprint density at radius 1 is 0.926 bits per heavy atom. The zero-order valence-electron chi connectivity index (χ0n) is 15.7. The highest BCUT2D eigenvalue weighted by atomic mass is 35.5. The zero-order chi connectivity index (χ0) is 19.6. The molecular weight excluding hydrogens is 356 g/mol. The van der Waals surface area contributed by atoms with Gasteiger partial charge in [0.1, 0.15) is 0 Å². The second-order valence-electron chi connectivity index (χ2n) is 6.63. The average Bonchev–Trinajstić information content (AvgIpc) is 2.58. The summed E-state index contributed by atoms with van der Waals surface area (Å²) in [6.45, 7) is 6.19. The molecule has 4 nitrogen and oxygen atoms in total. The van der Waals surface area contributed by atoms with Crippen molar-refractivity contribution in [1.29, 1.82) is 0 Å². The highest BCUT2D eigenvalue weighted by Crippen LogP contribution is 2.35. The maximum atomic E-state index is 6.31. The van der Waals surface area contributed by atoms with Crippen LogP contribution in [0, 0.1) is 20.8 Å². The molecule has 0 spiro atoms. The van der Waals surface area contributed by atoms with E-state index in [0.717, 1.165) is 16.8 Å². The Labute approximate surface area is 164 Å². The topological polar surface area (TPSA) is 76.4 Å². The minimum Gasteiger partial charge on any atom is -0.397 e. The molecule has 138 valence electrons. The van der Waals surface area contributed by atoms with Gasteiger partial charge in [0.05, 0.1) is 11.4 Å². The molecule has 0 saturated carbocycles. The van der Waals surface area contributed by atoms with E-state index in [0.29, 0.717) is 16.4 Å². The lowest BCUT2D eigenvalue weighted by molar-refractivity contribution is 1.34. The summed E-state index contributed by atoms with van der Waals surface area (Å²) in [6, 6.07) is 17.6. The molecule has 0 aliphatic rings. The largest absolute Gasteiger partial charge is 0.397 e. The van der Waals surface area contributed by atoms with Crippen LogP contribution in [-0.4, -0.2) is 5.96 Å². The first-order valence-electron chi connectivity index (χ1n) is 8.68. The lowest BCUT2D eigenvalue weighted by atomic mass is 9.94. The fourth-order valence-corrected chi connectivity index (χ4v) is 3.43. The van der Waals surface area contributed by atoms with E-state index < -0.39 is 0 Å². The summed E-state index contributed by atoms with van der Waals surface area (Å²) in [4.78, 5) is 4.48. The molecule has 0 amide bonds. The molecule has 0 saturated heterocycles. The predicted molar refractivity (Wildman–Crippen MR) is 117 cm³/mol. The fourth-order valence-electron chi connectivity index (χ4n) is 3.24. The summed E-state index contributed by atoms with van der Waals surface area (Å²) in [5, 5.41) is 3.66. The monoisotopic (exact) mass is 378 g/mol. The molecule has 5 N–H and O–H groups in total. The summed E-state index contributed by atoms with van der Waals surface area (Å²) >= 11 is 6.00. The number of anilines is 2. The highest BCUT2D eigenvalue weighted by molar-refractivity contribution is 6.30. The normalized spacial score (nSPS) is 11.5. The summed E-state index contributed by atoms with van der Waals surface area (Å²) in [6.07, 6.45) is 0. The summed E-state index contributed by atoms with van der Waals surface area (Å²) in [7, 11) is 0. The standard InChI is InChI=1S/C22H23ClN4/c1-13-6-4-7-14(2)20(13)16-10-15(3)21(19(24)11-16)27-22(25)26-18-9-5-8-17(23)12-18/h4-12H,24H2,1-3H3,(H3,25,26,27). The van der Waals surface area contributed by atoms with E-state index >= 15 is 0 Å². The number of guanidine groups is 1. The molecule has 3 rings (SSSR count). The Morgan fingerprint density at radius 3 is 2.22 bits per heavy atom. The molecule has 0 aliphatic carbocycles. The molecule has 0 atom stereocenters. The van der Waals surface area contributed by atoms with E-state index in [9.17, 15) is 0 Å². The van der Waals surface area contributed by atoms with Crippen LogP contribution in [0.1, 0.15) is 16.7 Å².